The largest absolute Gasteiger partial charge is 0.573 e. The molecule has 0 aliphatic heterocycles. The fourth-order valence-corrected chi connectivity index (χ4v) is 3.97. The van der Waals surface area contributed by atoms with Crippen LogP contribution < -0.4 is 10.4 Å². The number of halogens is 8. The van der Waals surface area contributed by atoms with Gasteiger partial charge in [0.25, 0.3) is 0 Å². The first kappa shape index (κ1) is 28.5. The molecule has 0 bridgehead atoms. The summed E-state index contributed by atoms with van der Waals surface area (Å²) in [6.07, 6.45) is -10.6. The van der Waals surface area contributed by atoms with Crippen molar-refractivity contribution in [3.8, 4) is 22.8 Å². The summed E-state index contributed by atoms with van der Waals surface area (Å²) in [4.78, 5) is 17.4. The third-order valence-corrected chi connectivity index (χ3v) is 5.83. The Morgan fingerprint density at radius 2 is 1.62 bits per heavy atom. The maximum Gasteiger partial charge on any atom is 0.573 e. The second kappa shape index (κ2) is 10.9. The van der Waals surface area contributed by atoms with E-state index in [-0.39, 0.29) is 41.1 Å². The minimum atomic E-state index is -5.01. The van der Waals surface area contributed by atoms with Gasteiger partial charge in [-0.3, -0.25) is 4.57 Å². The summed E-state index contributed by atoms with van der Waals surface area (Å²) >= 11 is 11.7. The van der Waals surface area contributed by atoms with E-state index in [1.807, 2.05) is 0 Å². The average Bonchev–Trinajstić information content (AvgIpc) is 3.37. The lowest BCUT2D eigenvalue weighted by Crippen LogP contribution is -2.27. The number of alkyl halides is 6. The lowest BCUT2D eigenvalue weighted by atomic mass is 10.2. The van der Waals surface area contributed by atoms with Crippen LogP contribution in [0.2, 0.25) is 10.0 Å². The maximum atomic E-state index is 13.1. The number of hydrogen-bond acceptors (Lipinski definition) is 5. The summed E-state index contributed by atoms with van der Waals surface area (Å²) < 4.78 is 84.8. The van der Waals surface area contributed by atoms with Gasteiger partial charge in [0.2, 0.25) is 0 Å². The van der Waals surface area contributed by atoms with Gasteiger partial charge in [-0.15, -0.1) is 23.4 Å². The summed E-state index contributed by atoms with van der Waals surface area (Å²) in [6, 6.07) is 9.57. The molecule has 0 spiro atoms. The van der Waals surface area contributed by atoms with Crippen LogP contribution >= 0.6 is 23.2 Å². The van der Waals surface area contributed by atoms with Crippen LogP contribution in [0.15, 0.2) is 47.3 Å². The number of nitrogens with zero attached hydrogens (tertiary/aromatic N) is 6. The van der Waals surface area contributed by atoms with E-state index >= 15 is 0 Å². The van der Waals surface area contributed by atoms with E-state index in [1.54, 1.807) is 6.92 Å². The standard InChI is InChI=1S/C23H18Cl2F6N6O2/c1-2-19-32-18(33-37(19)16-8-7-15(25)11-17(16)39-23(29,30)31)12-36-21(38)35(10-9-22(26,27)28)20(34-36)13-3-5-14(24)6-4-13/h3-8,11H,2,9-10,12H2,1H3. The Labute approximate surface area is 226 Å². The Morgan fingerprint density at radius 1 is 0.949 bits per heavy atom. The quantitative estimate of drug-likeness (QED) is 0.232. The van der Waals surface area contributed by atoms with Gasteiger partial charge in [0.05, 0.1) is 6.42 Å². The van der Waals surface area contributed by atoms with Crippen LogP contribution in [0.5, 0.6) is 5.75 Å². The third-order valence-electron chi connectivity index (χ3n) is 5.35. The Bertz CT molecular complexity index is 1530. The second-order valence-electron chi connectivity index (χ2n) is 8.16. The molecule has 16 heteroatoms. The van der Waals surface area contributed by atoms with Crippen molar-refractivity contribution in [2.45, 2.75) is 45.4 Å². The first-order valence-corrected chi connectivity index (χ1v) is 12.0. The first-order chi connectivity index (χ1) is 18.2. The predicted octanol–water partition coefficient (Wildman–Crippen LogP) is 6.06. The van der Waals surface area contributed by atoms with E-state index < -0.39 is 36.9 Å². The highest BCUT2D eigenvalue weighted by atomic mass is 35.5. The van der Waals surface area contributed by atoms with Crippen molar-refractivity contribution in [2.75, 3.05) is 0 Å². The van der Waals surface area contributed by atoms with Crippen LogP contribution in [0.3, 0.4) is 0 Å². The molecule has 2 aromatic carbocycles. The Morgan fingerprint density at radius 3 is 2.23 bits per heavy atom. The fraction of sp³-hybridized carbons (Fsp3) is 0.304. The highest BCUT2D eigenvalue weighted by Gasteiger charge is 2.33. The molecule has 0 atom stereocenters. The van der Waals surface area contributed by atoms with Crippen molar-refractivity contribution in [1.82, 2.24) is 29.1 Å². The van der Waals surface area contributed by atoms with Crippen LogP contribution in [-0.2, 0) is 19.5 Å². The van der Waals surface area contributed by atoms with E-state index in [1.165, 1.54) is 36.4 Å². The fourth-order valence-electron chi connectivity index (χ4n) is 3.68. The molecule has 8 nitrogen and oxygen atoms in total. The highest BCUT2D eigenvalue weighted by molar-refractivity contribution is 6.31. The molecule has 0 saturated heterocycles. The molecule has 39 heavy (non-hydrogen) atoms. The molecular weight excluding hydrogens is 577 g/mol. The summed E-state index contributed by atoms with van der Waals surface area (Å²) in [6.45, 7) is 0.619. The van der Waals surface area contributed by atoms with Crippen molar-refractivity contribution in [1.29, 1.82) is 0 Å². The number of aromatic nitrogens is 6. The zero-order chi connectivity index (χ0) is 28.5. The Balaban J connectivity index is 1.74. The lowest BCUT2D eigenvalue weighted by molar-refractivity contribution is -0.274. The van der Waals surface area contributed by atoms with Crippen LogP contribution in [0.25, 0.3) is 17.1 Å². The zero-order valence-electron chi connectivity index (χ0n) is 19.9. The van der Waals surface area contributed by atoms with Gasteiger partial charge in [-0.25, -0.2) is 19.1 Å². The number of hydrogen-bond donors (Lipinski definition) is 0. The smallest absolute Gasteiger partial charge is 0.403 e. The van der Waals surface area contributed by atoms with E-state index in [0.29, 0.717) is 10.6 Å². The Kier molecular flexibility index (Phi) is 7.98. The average molecular weight is 595 g/mol. The van der Waals surface area contributed by atoms with Gasteiger partial charge in [-0.05, 0) is 36.4 Å². The molecule has 0 amide bonds. The summed E-state index contributed by atoms with van der Waals surface area (Å²) in [7, 11) is 0. The highest BCUT2D eigenvalue weighted by Crippen LogP contribution is 2.32. The molecule has 0 saturated carbocycles. The zero-order valence-corrected chi connectivity index (χ0v) is 21.4. The first-order valence-electron chi connectivity index (χ1n) is 11.2. The van der Waals surface area contributed by atoms with Gasteiger partial charge in [0, 0.05) is 34.6 Å². The second-order valence-corrected chi connectivity index (χ2v) is 9.03. The summed E-state index contributed by atoms with van der Waals surface area (Å²) in [5.41, 5.74) is -0.622. The molecule has 0 unspecified atom stereocenters. The third kappa shape index (κ3) is 6.92. The normalized spacial score (nSPS) is 12.2. The van der Waals surface area contributed by atoms with E-state index in [9.17, 15) is 31.1 Å². The molecule has 4 aromatic rings. The molecule has 0 N–H and O–H groups in total. The van der Waals surface area contributed by atoms with Gasteiger partial charge >= 0.3 is 18.2 Å². The van der Waals surface area contributed by atoms with Crippen molar-refractivity contribution in [3.05, 3.63) is 74.6 Å². The molecular formula is C23H18Cl2F6N6O2. The molecule has 2 aromatic heterocycles. The number of aryl methyl sites for hydroxylation is 1. The molecule has 0 fully saturated rings. The minimum Gasteiger partial charge on any atom is -0.403 e. The maximum absolute atomic E-state index is 13.1. The van der Waals surface area contributed by atoms with E-state index in [2.05, 4.69) is 19.9 Å². The molecule has 208 valence electrons. The van der Waals surface area contributed by atoms with Gasteiger partial charge in [0.1, 0.15) is 18.1 Å². The number of ether oxygens (including phenoxy) is 1. The van der Waals surface area contributed by atoms with E-state index in [0.717, 1.165) is 20.0 Å². The van der Waals surface area contributed by atoms with Crippen LogP contribution in [-0.4, -0.2) is 41.7 Å². The number of benzene rings is 2. The monoisotopic (exact) mass is 594 g/mol. The molecule has 0 aliphatic carbocycles. The summed E-state index contributed by atoms with van der Waals surface area (Å²) in [5, 5.41) is 8.79. The molecule has 0 radical (unpaired) electrons. The van der Waals surface area contributed by atoms with Crippen molar-refractivity contribution in [2.24, 2.45) is 0 Å². The van der Waals surface area contributed by atoms with Gasteiger partial charge in [-0.2, -0.15) is 13.2 Å². The van der Waals surface area contributed by atoms with Crippen LogP contribution in [0, 0.1) is 0 Å². The minimum absolute atomic E-state index is 0.0120. The van der Waals surface area contributed by atoms with Gasteiger partial charge < -0.3 is 4.74 Å². The van der Waals surface area contributed by atoms with Crippen LogP contribution in [0.4, 0.5) is 26.3 Å². The van der Waals surface area contributed by atoms with Gasteiger partial charge in [-0.1, -0.05) is 30.1 Å². The predicted molar refractivity (Wildman–Crippen MR) is 129 cm³/mol. The number of rotatable bonds is 8. The van der Waals surface area contributed by atoms with E-state index in [4.69, 9.17) is 23.2 Å². The van der Waals surface area contributed by atoms with Gasteiger partial charge in [0.15, 0.2) is 17.4 Å². The topological polar surface area (TPSA) is 79.8 Å². The van der Waals surface area contributed by atoms with Crippen molar-refractivity contribution in [3.63, 3.8) is 0 Å². The van der Waals surface area contributed by atoms with Crippen molar-refractivity contribution < 1.29 is 31.1 Å². The molecule has 2 heterocycles. The molecule has 0 aliphatic rings. The lowest BCUT2D eigenvalue weighted by Gasteiger charge is -2.14. The summed E-state index contributed by atoms with van der Waals surface area (Å²) in [5.74, 6) is -0.457. The van der Waals surface area contributed by atoms with Crippen LogP contribution in [0.1, 0.15) is 25.0 Å². The Hall–Kier alpha value is -3.52. The van der Waals surface area contributed by atoms with Crippen molar-refractivity contribution >= 4 is 23.2 Å². The SMILES string of the molecule is CCc1nc(Cn2nc(-c3ccc(Cl)cc3)n(CCC(F)(F)F)c2=O)nn1-c1ccc(Cl)cc1OC(F)(F)F. The molecule has 4 rings (SSSR count).